The summed E-state index contributed by atoms with van der Waals surface area (Å²) in [6, 6.07) is 6.19. The van der Waals surface area contributed by atoms with Gasteiger partial charge in [-0.2, -0.15) is 5.26 Å². The molecule has 128 valence electrons. The minimum Gasteiger partial charge on any atom is -0.473 e. The van der Waals surface area contributed by atoms with Gasteiger partial charge in [0.05, 0.1) is 11.6 Å². The number of rotatable bonds is 10. The second kappa shape index (κ2) is 10.4. The fraction of sp³-hybridized carbons (Fsp3) is 0.400. The number of ether oxygens (including phenoxy) is 1. The normalized spacial score (nSPS) is 11.2. The summed E-state index contributed by atoms with van der Waals surface area (Å²) >= 11 is 0. The Labute approximate surface area is 144 Å². The highest BCUT2D eigenvalue weighted by Crippen LogP contribution is 2.19. The number of benzene rings is 1. The molecule has 0 heterocycles. The van der Waals surface area contributed by atoms with E-state index in [0.717, 1.165) is 31.4 Å². The summed E-state index contributed by atoms with van der Waals surface area (Å²) in [4.78, 5) is 4.42. The molecule has 1 aromatic rings. The molecule has 0 saturated heterocycles. The second-order valence-corrected chi connectivity index (χ2v) is 5.62. The highest BCUT2D eigenvalue weighted by Gasteiger charge is 2.13. The van der Waals surface area contributed by atoms with Crippen LogP contribution in [0.5, 0.6) is 0 Å². The molecule has 0 radical (unpaired) electrons. The number of nitrogens with zero attached hydrogens (tertiary/aromatic N) is 2. The zero-order valence-corrected chi connectivity index (χ0v) is 14.5. The smallest absolute Gasteiger partial charge is 0.206 e. The standard InChI is InChI=1S/C20H25FN2O/c1-5-8-17(9-6-2)20(7-3)23-15(4)24-14-18-11-10-16(13-22)12-19(18)21/h7,10-12,17H,3-6,8-9,14H2,1-2H3/b23-20+. The molecular formula is C20H25FN2O. The first-order chi connectivity index (χ1) is 11.5. The van der Waals surface area contributed by atoms with Crippen LogP contribution in [0.3, 0.4) is 0 Å². The van der Waals surface area contributed by atoms with Crippen molar-refractivity contribution in [2.45, 2.75) is 46.1 Å². The molecule has 0 atom stereocenters. The van der Waals surface area contributed by atoms with Gasteiger partial charge in [-0.15, -0.1) is 0 Å². The summed E-state index contributed by atoms with van der Waals surface area (Å²) in [5.41, 5.74) is 1.51. The predicted octanol–water partition coefficient (Wildman–Crippen LogP) is 5.53. The molecule has 1 aromatic carbocycles. The second-order valence-electron chi connectivity index (χ2n) is 5.62. The molecule has 4 heteroatoms. The number of aliphatic imine (C=N–C) groups is 1. The van der Waals surface area contributed by atoms with Gasteiger partial charge in [-0.1, -0.05) is 39.3 Å². The van der Waals surface area contributed by atoms with E-state index in [2.05, 4.69) is 32.0 Å². The summed E-state index contributed by atoms with van der Waals surface area (Å²) in [6.45, 7) is 11.9. The summed E-state index contributed by atoms with van der Waals surface area (Å²) < 4.78 is 19.3. The van der Waals surface area contributed by atoms with Crippen LogP contribution in [0.4, 0.5) is 4.39 Å². The average molecular weight is 328 g/mol. The third-order valence-electron chi connectivity index (χ3n) is 3.73. The molecular weight excluding hydrogens is 303 g/mol. The van der Waals surface area contributed by atoms with Crippen molar-refractivity contribution in [2.75, 3.05) is 0 Å². The molecule has 0 unspecified atom stereocenters. The van der Waals surface area contributed by atoms with Gasteiger partial charge < -0.3 is 4.74 Å². The Morgan fingerprint density at radius 1 is 1.38 bits per heavy atom. The quantitative estimate of drug-likeness (QED) is 0.419. The number of nitriles is 1. The first kappa shape index (κ1) is 19.6. The van der Waals surface area contributed by atoms with Crippen molar-refractivity contribution < 1.29 is 9.13 Å². The Kier molecular flexibility index (Phi) is 8.49. The van der Waals surface area contributed by atoms with E-state index in [1.54, 1.807) is 12.1 Å². The lowest BCUT2D eigenvalue weighted by Gasteiger charge is -2.16. The predicted molar refractivity (Wildman–Crippen MR) is 96.0 cm³/mol. The largest absolute Gasteiger partial charge is 0.473 e. The molecule has 0 aliphatic heterocycles. The molecule has 0 aliphatic rings. The van der Waals surface area contributed by atoms with Crippen molar-refractivity contribution in [3.05, 3.63) is 60.3 Å². The number of allylic oxidation sites excluding steroid dienone is 1. The minimum atomic E-state index is -0.468. The maximum Gasteiger partial charge on any atom is 0.206 e. The lowest BCUT2D eigenvalue weighted by molar-refractivity contribution is 0.194. The van der Waals surface area contributed by atoms with E-state index < -0.39 is 5.82 Å². The summed E-state index contributed by atoms with van der Waals surface area (Å²) in [5.74, 6) is 0.111. The van der Waals surface area contributed by atoms with Crippen LogP contribution in [0.25, 0.3) is 0 Å². The van der Waals surface area contributed by atoms with Gasteiger partial charge >= 0.3 is 0 Å². The fourth-order valence-electron chi connectivity index (χ4n) is 2.51. The minimum absolute atomic E-state index is 0.0243. The topological polar surface area (TPSA) is 45.4 Å². The van der Waals surface area contributed by atoms with Gasteiger partial charge in [-0.3, -0.25) is 0 Å². The fourth-order valence-corrected chi connectivity index (χ4v) is 2.51. The summed E-state index contributed by atoms with van der Waals surface area (Å²) in [6.07, 6.45) is 5.96. The van der Waals surface area contributed by atoms with Crippen LogP contribution >= 0.6 is 0 Å². The van der Waals surface area contributed by atoms with E-state index in [4.69, 9.17) is 10.00 Å². The van der Waals surface area contributed by atoms with Crippen LogP contribution in [0.15, 0.2) is 48.3 Å². The Bertz CT molecular complexity index is 638. The van der Waals surface area contributed by atoms with Gasteiger partial charge in [0.15, 0.2) is 0 Å². The van der Waals surface area contributed by atoms with Gasteiger partial charge in [-0.05, 0) is 37.6 Å². The third kappa shape index (κ3) is 6.00. The maximum atomic E-state index is 13.8. The molecule has 0 bridgehead atoms. The monoisotopic (exact) mass is 328 g/mol. The van der Waals surface area contributed by atoms with Crippen LogP contribution in [0.2, 0.25) is 0 Å². The molecule has 0 N–H and O–H groups in total. The Morgan fingerprint density at radius 2 is 2.04 bits per heavy atom. The molecule has 0 spiro atoms. The third-order valence-corrected chi connectivity index (χ3v) is 3.73. The Morgan fingerprint density at radius 3 is 2.54 bits per heavy atom. The SMILES string of the molecule is C=C/C(=N\C(=C)OCc1ccc(C#N)cc1F)C(CCC)CCC. The Hall–Kier alpha value is -2.41. The van der Waals surface area contributed by atoms with E-state index in [1.807, 2.05) is 6.07 Å². The summed E-state index contributed by atoms with van der Waals surface area (Å²) in [5, 5.41) is 8.75. The summed E-state index contributed by atoms with van der Waals surface area (Å²) in [7, 11) is 0. The van der Waals surface area contributed by atoms with Crippen molar-refractivity contribution in [1.29, 1.82) is 5.26 Å². The number of hydrogen-bond donors (Lipinski definition) is 0. The van der Waals surface area contributed by atoms with Gasteiger partial charge in [0, 0.05) is 17.2 Å². The molecule has 0 aliphatic carbocycles. The molecule has 0 saturated carbocycles. The molecule has 1 rings (SSSR count). The molecule has 24 heavy (non-hydrogen) atoms. The highest BCUT2D eigenvalue weighted by atomic mass is 19.1. The molecule has 0 aromatic heterocycles. The van der Waals surface area contributed by atoms with Crippen LogP contribution in [-0.4, -0.2) is 5.71 Å². The lowest BCUT2D eigenvalue weighted by Crippen LogP contribution is -2.12. The van der Waals surface area contributed by atoms with Crippen LogP contribution in [-0.2, 0) is 11.3 Å². The van der Waals surface area contributed by atoms with Crippen LogP contribution in [0.1, 0.15) is 50.7 Å². The van der Waals surface area contributed by atoms with Crippen molar-refractivity contribution in [3.63, 3.8) is 0 Å². The molecule has 3 nitrogen and oxygen atoms in total. The van der Waals surface area contributed by atoms with Crippen molar-refractivity contribution >= 4 is 5.71 Å². The van der Waals surface area contributed by atoms with Crippen molar-refractivity contribution in [2.24, 2.45) is 10.9 Å². The average Bonchev–Trinajstić information content (AvgIpc) is 2.58. The number of halogens is 1. The van der Waals surface area contributed by atoms with Crippen LogP contribution < -0.4 is 0 Å². The zero-order chi connectivity index (χ0) is 17.9. The van der Waals surface area contributed by atoms with Crippen molar-refractivity contribution in [1.82, 2.24) is 0 Å². The van der Waals surface area contributed by atoms with E-state index in [-0.39, 0.29) is 18.1 Å². The molecule has 0 fully saturated rings. The van der Waals surface area contributed by atoms with Gasteiger partial charge in [-0.25, -0.2) is 9.38 Å². The maximum absolute atomic E-state index is 13.8. The lowest BCUT2D eigenvalue weighted by atomic mass is 9.93. The van der Waals surface area contributed by atoms with E-state index >= 15 is 0 Å². The highest BCUT2D eigenvalue weighted by molar-refractivity contribution is 5.96. The number of hydrogen-bond acceptors (Lipinski definition) is 3. The van der Waals surface area contributed by atoms with Crippen LogP contribution in [0, 0.1) is 23.1 Å². The van der Waals surface area contributed by atoms with Gasteiger partial charge in [0.1, 0.15) is 12.4 Å². The molecule has 0 amide bonds. The zero-order valence-electron chi connectivity index (χ0n) is 14.5. The first-order valence-corrected chi connectivity index (χ1v) is 8.26. The van der Waals surface area contributed by atoms with E-state index in [9.17, 15) is 4.39 Å². The van der Waals surface area contributed by atoms with Crippen molar-refractivity contribution in [3.8, 4) is 6.07 Å². The Balaban J connectivity index is 2.75. The van der Waals surface area contributed by atoms with E-state index in [0.29, 0.717) is 11.5 Å². The van der Waals surface area contributed by atoms with E-state index in [1.165, 1.54) is 12.1 Å². The van der Waals surface area contributed by atoms with Gasteiger partial charge in [0.2, 0.25) is 5.88 Å². The first-order valence-electron chi connectivity index (χ1n) is 8.26. The van der Waals surface area contributed by atoms with Gasteiger partial charge in [0.25, 0.3) is 0 Å².